The monoisotopic (exact) mass is 542 g/mol. The van der Waals surface area contributed by atoms with Crippen LogP contribution in [0.5, 0.6) is 0 Å². The van der Waals surface area contributed by atoms with Crippen molar-refractivity contribution < 1.29 is 48.3 Å². The summed E-state index contributed by atoms with van der Waals surface area (Å²) >= 11 is 6.69. The van der Waals surface area contributed by atoms with Crippen molar-refractivity contribution >= 4 is 35.5 Å². The predicted octanol–water partition coefficient (Wildman–Crippen LogP) is 1.97. The lowest BCUT2D eigenvalue weighted by atomic mass is 9.54. The maximum absolute atomic E-state index is 12.8. The normalized spacial score (nSPS) is 43.6. The van der Waals surface area contributed by atoms with Crippen molar-refractivity contribution in [2.45, 2.75) is 95.4 Å². The standard InChI is InChI=1S/C26H35ClO10/c1-12-8-9-17(34-14(3)28)24(6)11-10-18(35-15(4)29)25(7,32)20(24)22(36-16(5)30)26(33)13(2)23(31)37-21(26)19(12)27/h10-11,13,17-22,32-33H,1,8-9H2,2-7H3/t13-,17+,18+,19-,20+,21-,22+,24+,25+,26-/m0/s1. The van der Waals surface area contributed by atoms with Gasteiger partial charge in [0.15, 0.2) is 11.7 Å². The van der Waals surface area contributed by atoms with Crippen LogP contribution in [0, 0.1) is 17.3 Å². The molecule has 1 aliphatic heterocycles. The zero-order valence-electron chi connectivity index (χ0n) is 21.9. The third kappa shape index (κ3) is 4.91. The molecule has 0 aromatic rings. The number of rotatable bonds is 3. The molecule has 0 aromatic carbocycles. The SMILES string of the molecule is C=C1CC[C@@H](OC(C)=O)[C@@]2(C)C=C[C@@H](OC(C)=O)[C@@](C)(O)[C@@H]2[C@@H](OC(C)=O)[C@]2(O)[C@@H](C)C(=O)O[C@H]2[C@H]1Cl. The Hall–Kier alpha value is -2.43. The minimum atomic E-state index is -2.24. The van der Waals surface area contributed by atoms with Crippen LogP contribution < -0.4 is 0 Å². The summed E-state index contributed by atoms with van der Waals surface area (Å²) in [7, 11) is 0. The lowest BCUT2D eigenvalue weighted by molar-refractivity contribution is -0.245. The molecule has 2 N–H and O–H groups in total. The second kappa shape index (κ2) is 10.0. The molecule has 3 aliphatic rings. The number of carbonyl (C=O) groups excluding carboxylic acids is 4. The van der Waals surface area contributed by atoms with E-state index in [4.69, 9.17) is 30.5 Å². The molecule has 11 heteroatoms. The van der Waals surface area contributed by atoms with Gasteiger partial charge in [0, 0.05) is 32.1 Å². The molecule has 0 amide bonds. The van der Waals surface area contributed by atoms with Crippen molar-refractivity contribution in [1.82, 2.24) is 0 Å². The number of carbonyl (C=O) groups is 4. The Morgan fingerprint density at radius 1 is 1.08 bits per heavy atom. The fourth-order valence-corrected chi connectivity index (χ4v) is 6.47. The van der Waals surface area contributed by atoms with Gasteiger partial charge in [-0.3, -0.25) is 19.2 Å². The third-order valence-corrected chi connectivity index (χ3v) is 8.52. The minimum absolute atomic E-state index is 0.203. The van der Waals surface area contributed by atoms with E-state index in [2.05, 4.69) is 6.58 Å². The molecule has 0 spiro atoms. The largest absolute Gasteiger partial charge is 0.462 e. The van der Waals surface area contributed by atoms with E-state index in [0.29, 0.717) is 5.57 Å². The topological polar surface area (TPSA) is 146 Å². The number of fused-ring (bicyclic) bond motifs is 2. The Morgan fingerprint density at radius 2 is 1.65 bits per heavy atom. The van der Waals surface area contributed by atoms with Gasteiger partial charge in [0.05, 0.1) is 11.3 Å². The number of hydrogen-bond acceptors (Lipinski definition) is 10. The van der Waals surface area contributed by atoms with Crippen LogP contribution in [-0.2, 0) is 38.1 Å². The van der Waals surface area contributed by atoms with Crippen LogP contribution in [0.1, 0.15) is 54.4 Å². The Labute approximate surface area is 220 Å². The first-order valence-corrected chi connectivity index (χ1v) is 12.6. The Balaban J connectivity index is 2.38. The highest BCUT2D eigenvalue weighted by Gasteiger charge is 2.70. The number of aliphatic hydroxyl groups is 2. The van der Waals surface area contributed by atoms with Crippen molar-refractivity contribution in [3.63, 3.8) is 0 Å². The summed E-state index contributed by atoms with van der Waals surface area (Å²) in [6.07, 6.45) is -1.60. The van der Waals surface area contributed by atoms with Gasteiger partial charge in [0.2, 0.25) is 0 Å². The second-order valence-electron chi connectivity index (χ2n) is 10.7. The summed E-state index contributed by atoms with van der Waals surface area (Å²) in [5.74, 6) is -5.38. The summed E-state index contributed by atoms with van der Waals surface area (Å²) in [6.45, 7) is 12.0. The first-order valence-electron chi connectivity index (χ1n) is 12.2. The molecule has 0 unspecified atom stereocenters. The van der Waals surface area contributed by atoms with Crippen LogP contribution in [0.15, 0.2) is 24.3 Å². The zero-order valence-corrected chi connectivity index (χ0v) is 22.6. The molecule has 1 saturated carbocycles. The number of alkyl halides is 1. The van der Waals surface area contributed by atoms with Gasteiger partial charge in [0.25, 0.3) is 0 Å². The first kappa shape index (κ1) is 29.1. The third-order valence-electron chi connectivity index (χ3n) is 7.98. The van der Waals surface area contributed by atoms with Gasteiger partial charge in [-0.25, -0.2) is 0 Å². The lowest BCUT2D eigenvalue weighted by Gasteiger charge is -2.57. The van der Waals surface area contributed by atoms with E-state index in [1.165, 1.54) is 33.8 Å². The highest BCUT2D eigenvalue weighted by atomic mass is 35.5. The van der Waals surface area contributed by atoms with E-state index in [9.17, 15) is 29.4 Å². The van der Waals surface area contributed by atoms with Gasteiger partial charge < -0.3 is 29.2 Å². The predicted molar refractivity (Wildman–Crippen MR) is 130 cm³/mol. The molecule has 1 heterocycles. The lowest BCUT2D eigenvalue weighted by Crippen LogP contribution is -2.70. The van der Waals surface area contributed by atoms with Crippen LogP contribution in [0.3, 0.4) is 0 Å². The Morgan fingerprint density at radius 3 is 2.19 bits per heavy atom. The van der Waals surface area contributed by atoms with Crippen molar-refractivity contribution in [2.75, 3.05) is 0 Å². The van der Waals surface area contributed by atoms with E-state index >= 15 is 0 Å². The maximum Gasteiger partial charge on any atom is 0.312 e. The summed E-state index contributed by atoms with van der Waals surface area (Å²) in [5, 5.41) is 23.2. The van der Waals surface area contributed by atoms with Crippen LogP contribution in [0.25, 0.3) is 0 Å². The number of ether oxygens (including phenoxy) is 4. The smallest absolute Gasteiger partial charge is 0.312 e. The average Bonchev–Trinajstić information content (AvgIpc) is 3.00. The summed E-state index contributed by atoms with van der Waals surface area (Å²) < 4.78 is 22.4. The zero-order chi connectivity index (χ0) is 28.1. The van der Waals surface area contributed by atoms with E-state index in [-0.39, 0.29) is 12.8 Å². The van der Waals surface area contributed by atoms with Gasteiger partial charge in [0.1, 0.15) is 23.9 Å². The Kier molecular flexibility index (Phi) is 7.90. The number of hydrogen-bond donors (Lipinski definition) is 2. The van der Waals surface area contributed by atoms with Gasteiger partial charge in [-0.1, -0.05) is 25.2 Å². The summed E-state index contributed by atoms with van der Waals surface area (Å²) in [5.41, 5.74) is -5.11. The molecule has 37 heavy (non-hydrogen) atoms. The van der Waals surface area contributed by atoms with Crippen LogP contribution >= 0.6 is 11.6 Å². The molecular weight excluding hydrogens is 508 g/mol. The first-order chi connectivity index (χ1) is 17.0. The van der Waals surface area contributed by atoms with Gasteiger partial charge >= 0.3 is 23.9 Å². The molecule has 10 nitrogen and oxygen atoms in total. The molecule has 1 saturated heterocycles. The van der Waals surface area contributed by atoms with Gasteiger partial charge in [-0.2, -0.15) is 0 Å². The van der Waals surface area contributed by atoms with Crippen molar-refractivity contribution in [3.8, 4) is 0 Å². The molecule has 3 rings (SSSR count). The van der Waals surface area contributed by atoms with E-state index in [1.54, 1.807) is 13.0 Å². The average molecular weight is 543 g/mol. The van der Waals surface area contributed by atoms with Crippen LogP contribution in [0.2, 0.25) is 0 Å². The maximum atomic E-state index is 12.8. The fourth-order valence-electron chi connectivity index (χ4n) is 6.11. The molecule has 0 aromatic heterocycles. The van der Waals surface area contributed by atoms with E-state index in [1.807, 2.05) is 0 Å². The van der Waals surface area contributed by atoms with Gasteiger partial charge in [-0.05, 0) is 32.8 Å². The van der Waals surface area contributed by atoms with Crippen LogP contribution in [0.4, 0.5) is 0 Å². The highest BCUT2D eigenvalue weighted by Crippen LogP contribution is 2.56. The van der Waals surface area contributed by atoms with Crippen molar-refractivity contribution in [2.24, 2.45) is 17.3 Å². The van der Waals surface area contributed by atoms with E-state index in [0.717, 1.165) is 6.92 Å². The number of halogens is 1. The minimum Gasteiger partial charge on any atom is -0.462 e. The molecule has 0 radical (unpaired) electrons. The van der Waals surface area contributed by atoms with Gasteiger partial charge in [-0.15, -0.1) is 11.6 Å². The van der Waals surface area contributed by atoms with Crippen LogP contribution in [-0.4, -0.2) is 75.1 Å². The fraction of sp³-hybridized carbons (Fsp3) is 0.692. The molecule has 0 bridgehead atoms. The summed E-state index contributed by atoms with van der Waals surface area (Å²) in [6, 6.07) is 0. The van der Waals surface area contributed by atoms with E-state index < -0.39 is 82.1 Å². The Bertz CT molecular complexity index is 1020. The highest BCUT2D eigenvalue weighted by molar-refractivity contribution is 6.23. The molecule has 10 atom stereocenters. The molecule has 206 valence electrons. The molecule has 2 aliphatic carbocycles. The van der Waals surface area contributed by atoms with Crippen molar-refractivity contribution in [1.29, 1.82) is 0 Å². The quantitative estimate of drug-likeness (QED) is 0.235. The molecule has 2 fully saturated rings. The van der Waals surface area contributed by atoms with Crippen molar-refractivity contribution in [3.05, 3.63) is 24.3 Å². The second-order valence-corrected chi connectivity index (χ2v) is 11.1. The number of esters is 4. The molecular formula is C26H35ClO10. The summed E-state index contributed by atoms with van der Waals surface area (Å²) in [4.78, 5) is 49.3.